The van der Waals surface area contributed by atoms with Gasteiger partial charge in [-0.15, -0.1) is 0 Å². The quantitative estimate of drug-likeness (QED) is 0.394. The number of aromatic nitrogens is 4. The summed E-state index contributed by atoms with van der Waals surface area (Å²) in [4.78, 5) is 36.6. The number of nitrogens with one attached hydrogen (secondary N) is 1. The maximum absolute atomic E-state index is 12.7. The molecule has 0 saturated heterocycles. The minimum Gasteiger partial charge on any atom is -0.452 e. The Morgan fingerprint density at radius 1 is 1.06 bits per heavy atom. The zero-order valence-corrected chi connectivity index (χ0v) is 17.5. The van der Waals surface area contributed by atoms with Gasteiger partial charge in [0.2, 0.25) is 5.82 Å². The van der Waals surface area contributed by atoms with Crippen molar-refractivity contribution in [3.05, 3.63) is 98.6 Å². The van der Waals surface area contributed by atoms with Crippen LogP contribution in [0.25, 0.3) is 22.3 Å². The van der Waals surface area contributed by atoms with Crippen LogP contribution in [-0.4, -0.2) is 26.1 Å². The molecule has 0 amide bonds. The molecule has 2 aromatic carbocycles. The average Bonchev–Trinajstić information content (AvgIpc) is 3.50. The molecule has 0 aliphatic rings. The lowest BCUT2D eigenvalue weighted by Gasteiger charge is -2.09. The van der Waals surface area contributed by atoms with Crippen molar-refractivity contribution in [2.45, 2.75) is 13.0 Å². The number of thiophene rings is 1. The zero-order chi connectivity index (χ0) is 21.9. The topological polar surface area (TPSA) is 111 Å². The van der Waals surface area contributed by atoms with Gasteiger partial charge >= 0.3 is 5.97 Å². The molecule has 0 radical (unpaired) electrons. The van der Waals surface area contributed by atoms with Gasteiger partial charge < -0.3 is 14.2 Å². The number of para-hydroxylation sites is 1. The number of nitrogens with zero attached hydrogens (tertiary/aromatic N) is 3. The number of rotatable bonds is 6. The monoisotopic (exact) mass is 444 g/mol. The first-order chi connectivity index (χ1) is 15.7. The van der Waals surface area contributed by atoms with Crippen LogP contribution < -0.4 is 5.56 Å². The van der Waals surface area contributed by atoms with E-state index in [0.717, 1.165) is 5.56 Å². The number of carbonyl (C=O) groups is 1. The Kier molecular flexibility index (Phi) is 5.30. The van der Waals surface area contributed by atoms with Gasteiger partial charge in [-0.3, -0.25) is 4.79 Å². The summed E-state index contributed by atoms with van der Waals surface area (Å²) in [5.41, 5.74) is 2.28. The van der Waals surface area contributed by atoms with Crippen LogP contribution in [0, 0.1) is 0 Å². The normalized spacial score (nSPS) is 11.0. The van der Waals surface area contributed by atoms with E-state index in [1.165, 1.54) is 11.3 Å². The highest BCUT2D eigenvalue weighted by Crippen LogP contribution is 2.20. The third-order valence-corrected chi connectivity index (χ3v) is 5.51. The summed E-state index contributed by atoms with van der Waals surface area (Å²) in [6, 6.07) is 16.0. The number of fused-ring (bicyclic) bond motifs is 1. The summed E-state index contributed by atoms with van der Waals surface area (Å²) in [7, 11) is 0. The molecular formula is C23H16N4O4S. The van der Waals surface area contributed by atoms with Gasteiger partial charge in [0, 0.05) is 17.4 Å². The molecule has 0 unspecified atom stereocenters. The van der Waals surface area contributed by atoms with Crippen LogP contribution in [0.5, 0.6) is 0 Å². The molecule has 5 aromatic rings. The van der Waals surface area contributed by atoms with E-state index in [2.05, 4.69) is 20.1 Å². The van der Waals surface area contributed by atoms with Crippen LogP contribution in [0.3, 0.4) is 0 Å². The van der Waals surface area contributed by atoms with Gasteiger partial charge in [-0.05, 0) is 35.2 Å². The van der Waals surface area contributed by atoms with Crippen LogP contribution in [0.1, 0.15) is 27.6 Å². The number of carbonyl (C=O) groups excluding carboxylic acids is 1. The molecule has 0 fully saturated rings. The van der Waals surface area contributed by atoms with Gasteiger partial charge in [0.25, 0.3) is 11.4 Å². The largest absolute Gasteiger partial charge is 0.452 e. The van der Waals surface area contributed by atoms with Crippen molar-refractivity contribution in [3.63, 3.8) is 0 Å². The molecule has 0 spiro atoms. The van der Waals surface area contributed by atoms with E-state index >= 15 is 0 Å². The Balaban J connectivity index is 1.33. The van der Waals surface area contributed by atoms with Gasteiger partial charge in [0.05, 0.1) is 16.5 Å². The smallest absolute Gasteiger partial charge is 0.338 e. The molecule has 0 bridgehead atoms. The molecule has 0 saturated carbocycles. The number of benzene rings is 2. The summed E-state index contributed by atoms with van der Waals surface area (Å²) >= 11 is 1.53. The molecule has 9 heteroatoms. The van der Waals surface area contributed by atoms with Crippen molar-refractivity contribution >= 4 is 28.2 Å². The number of H-pyrrole nitrogens is 1. The van der Waals surface area contributed by atoms with Crippen molar-refractivity contribution in [1.29, 1.82) is 0 Å². The van der Waals surface area contributed by atoms with Gasteiger partial charge in [-0.2, -0.15) is 16.3 Å². The predicted octanol–water partition coefficient (Wildman–Crippen LogP) is 3.98. The fourth-order valence-corrected chi connectivity index (χ4v) is 3.93. The Morgan fingerprint density at radius 3 is 2.78 bits per heavy atom. The molecule has 0 aliphatic heterocycles. The number of hydrogen-bond donors (Lipinski definition) is 1. The third-order valence-electron chi connectivity index (χ3n) is 4.83. The SMILES string of the molecule is O=C(OCc1nc(-c2ccsc2)no1)c1ccccc1Cc1nc2ccccc2c(=O)[nH]1. The second kappa shape index (κ2) is 8.56. The van der Waals surface area contributed by atoms with E-state index in [-0.39, 0.29) is 24.5 Å². The predicted molar refractivity (Wildman–Crippen MR) is 118 cm³/mol. The van der Waals surface area contributed by atoms with E-state index in [9.17, 15) is 9.59 Å². The van der Waals surface area contributed by atoms with Gasteiger partial charge in [0.15, 0.2) is 6.61 Å². The number of aromatic amines is 1. The summed E-state index contributed by atoms with van der Waals surface area (Å²) in [6.45, 7) is -0.143. The van der Waals surface area contributed by atoms with Gasteiger partial charge in [-0.25, -0.2) is 9.78 Å². The second-order valence-corrected chi connectivity index (χ2v) is 7.74. The number of hydrogen-bond acceptors (Lipinski definition) is 8. The first-order valence-electron chi connectivity index (χ1n) is 9.75. The van der Waals surface area contributed by atoms with Gasteiger partial charge in [0.1, 0.15) is 5.82 Å². The molecule has 5 rings (SSSR count). The summed E-state index contributed by atoms with van der Waals surface area (Å²) < 4.78 is 10.6. The molecule has 8 nitrogen and oxygen atoms in total. The minimum atomic E-state index is -0.529. The van der Waals surface area contributed by atoms with E-state index in [0.29, 0.717) is 33.7 Å². The zero-order valence-electron chi connectivity index (χ0n) is 16.6. The molecule has 0 aliphatic carbocycles. The highest BCUT2D eigenvalue weighted by atomic mass is 32.1. The second-order valence-electron chi connectivity index (χ2n) is 6.96. The van der Waals surface area contributed by atoms with Crippen molar-refractivity contribution in [2.24, 2.45) is 0 Å². The van der Waals surface area contributed by atoms with E-state index in [1.807, 2.05) is 29.0 Å². The van der Waals surface area contributed by atoms with Crippen molar-refractivity contribution in [1.82, 2.24) is 20.1 Å². The van der Waals surface area contributed by atoms with Crippen LogP contribution in [0.15, 0.2) is 74.7 Å². The van der Waals surface area contributed by atoms with Crippen LogP contribution in [0.4, 0.5) is 0 Å². The molecular weight excluding hydrogens is 428 g/mol. The van der Waals surface area contributed by atoms with Crippen molar-refractivity contribution < 1.29 is 14.1 Å². The molecule has 3 heterocycles. The van der Waals surface area contributed by atoms with Crippen LogP contribution >= 0.6 is 11.3 Å². The van der Waals surface area contributed by atoms with Crippen molar-refractivity contribution in [2.75, 3.05) is 0 Å². The maximum atomic E-state index is 12.7. The Bertz CT molecular complexity index is 1460. The Labute approximate surface area is 185 Å². The Hall–Kier alpha value is -4.11. The maximum Gasteiger partial charge on any atom is 0.338 e. The number of esters is 1. The Morgan fingerprint density at radius 2 is 1.91 bits per heavy atom. The molecule has 1 N–H and O–H groups in total. The minimum absolute atomic E-state index is 0.143. The fourth-order valence-electron chi connectivity index (χ4n) is 3.30. The fraction of sp³-hybridized carbons (Fsp3) is 0.0870. The van der Waals surface area contributed by atoms with E-state index in [4.69, 9.17) is 9.26 Å². The number of ether oxygens (including phenoxy) is 1. The molecule has 3 aromatic heterocycles. The molecule has 0 atom stereocenters. The highest BCUT2D eigenvalue weighted by molar-refractivity contribution is 7.08. The van der Waals surface area contributed by atoms with E-state index < -0.39 is 5.97 Å². The third kappa shape index (κ3) is 4.06. The lowest BCUT2D eigenvalue weighted by Crippen LogP contribution is -2.14. The van der Waals surface area contributed by atoms with Crippen molar-refractivity contribution in [3.8, 4) is 11.4 Å². The summed E-state index contributed by atoms with van der Waals surface area (Å²) in [5.74, 6) is 0.590. The van der Waals surface area contributed by atoms with Crippen LogP contribution in [-0.2, 0) is 17.8 Å². The molecule has 32 heavy (non-hydrogen) atoms. The lowest BCUT2D eigenvalue weighted by atomic mass is 10.0. The lowest BCUT2D eigenvalue weighted by molar-refractivity contribution is 0.0428. The first-order valence-corrected chi connectivity index (χ1v) is 10.7. The molecule has 158 valence electrons. The van der Waals surface area contributed by atoms with Gasteiger partial charge in [-0.1, -0.05) is 35.5 Å². The van der Waals surface area contributed by atoms with Crippen LogP contribution in [0.2, 0.25) is 0 Å². The average molecular weight is 444 g/mol. The first kappa shape index (κ1) is 19.8. The highest BCUT2D eigenvalue weighted by Gasteiger charge is 2.16. The standard InChI is InChI=1S/C23H16N4O4S/c28-22-17-7-3-4-8-18(17)24-19(25-22)11-14-5-1-2-6-16(14)23(29)30-12-20-26-21(27-31-20)15-9-10-32-13-15/h1-10,13H,11-12H2,(H,24,25,28). The summed E-state index contributed by atoms with van der Waals surface area (Å²) in [5, 5.41) is 8.24. The van der Waals surface area contributed by atoms with E-state index in [1.54, 1.807) is 36.4 Å². The summed E-state index contributed by atoms with van der Waals surface area (Å²) in [6.07, 6.45) is 0.272.